The van der Waals surface area contributed by atoms with Crippen LogP contribution in [0.1, 0.15) is 65.5 Å². The molecule has 0 radical (unpaired) electrons. The Morgan fingerprint density at radius 3 is 1.78 bits per heavy atom. The Morgan fingerprint density at radius 1 is 0.784 bits per heavy atom. The summed E-state index contributed by atoms with van der Waals surface area (Å²) in [6.07, 6.45) is 3.03. The molecule has 5 heteroatoms. The second kappa shape index (κ2) is 13.0. The van der Waals surface area contributed by atoms with Crippen molar-refractivity contribution in [2.45, 2.75) is 65.2 Å². The maximum absolute atomic E-state index is 13.3. The quantitative estimate of drug-likeness (QED) is 0.118. The van der Waals surface area contributed by atoms with E-state index in [0.717, 1.165) is 35.6 Å². The number of hydrogen-bond donors (Lipinski definition) is 0. The topological polar surface area (TPSA) is 35.5 Å². The molecule has 0 heterocycles. The number of ether oxygens (including phenoxy) is 2. The Kier molecular flexibility index (Phi) is 10.3. The minimum absolute atomic E-state index is 0.0972. The first-order valence-electron chi connectivity index (χ1n) is 13.1. The lowest BCUT2D eigenvalue weighted by atomic mass is 9.79. The predicted molar refractivity (Wildman–Crippen MR) is 163 cm³/mol. The summed E-state index contributed by atoms with van der Waals surface area (Å²) in [4.78, 5) is 13.3. The van der Waals surface area contributed by atoms with Crippen LogP contribution in [0.3, 0.4) is 0 Å². The number of carbonyl (C=O) groups excluding carboxylic acids is 1. The van der Waals surface area contributed by atoms with Crippen molar-refractivity contribution in [3.05, 3.63) is 83.9 Å². The lowest BCUT2D eigenvalue weighted by Gasteiger charge is -2.29. The Labute approximate surface area is 227 Å². The van der Waals surface area contributed by atoms with Crippen molar-refractivity contribution in [3.63, 3.8) is 0 Å². The SMILES string of the molecule is CC(C)(C)c1cc(C(C)(C)C)c(OC(=O)CCP(c2ccccc2)c2ccccc2)cc1OCCCP. The van der Waals surface area contributed by atoms with Crippen molar-refractivity contribution in [1.82, 2.24) is 0 Å². The Morgan fingerprint density at radius 2 is 1.30 bits per heavy atom. The highest BCUT2D eigenvalue weighted by Gasteiger charge is 2.28. The summed E-state index contributed by atoms with van der Waals surface area (Å²) in [6, 6.07) is 25.1. The van der Waals surface area contributed by atoms with E-state index in [1.54, 1.807) is 0 Å². The zero-order chi connectivity index (χ0) is 27.1. The smallest absolute Gasteiger partial charge is 0.311 e. The molecule has 3 aromatic carbocycles. The summed E-state index contributed by atoms with van der Waals surface area (Å²) >= 11 is 0. The van der Waals surface area contributed by atoms with E-state index in [-0.39, 0.29) is 16.8 Å². The highest BCUT2D eigenvalue weighted by atomic mass is 31.1. The molecule has 0 fully saturated rings. The molecule has 0 N–H and O–H groups in total. The molecular formula is C32H42O3P2. The van der Waals surface area contributed by atoms with Gasteiger partial charge in [-0.3, -0.25) is 4.79 Å². The average molecular weight is 537 g/mol. The lowest BCUT2D eigenvalue weighted by Crippen LogP contribution is -2.21. The van der Waals surface area contributed by atoms with Crippen LogP contribution in [0.15, 0.2) is 72.8 Å². The van der Waals surface area contributed by atoms with Gasteiger partial charge in [0, 0.05) is 17.2 Å². The first kappa shape index (κ1) is 29.3. The normalized spacial score (nSPS) is 12.0. The molecule has 0 bridgehead atoms. The Hall–Kier alpha value is -2.21. The molecule has 1 atom stereocenters. The fraction of sp³-hybridized carbons (Fsp3) is 0.406. The van der Waals surface area contributed by atoms with Crippen LogP contribution in [0.2, 0.25) is 0 Å². The summed E-state index contributed by atoms with van der Waals surface area (Å²) in [5.74, 6) is 1.21. The maximum Gasteiger partial charge on any atom is 0.311 e. The first-order valence-corrected chi connectivity index (χ1v) is 15.4. The van der Waals surface area contributed by atoms with Crippen LogP contribution in [0.5, 0.6) is 11.5 Å². The molecule has 3 aromatic rings. The molecule has 0 spiro atoms. The molecule has 0 amide bonds. The standard InChI is InChI=1S/C32H42O3P2/c1-31(2,3)26-22-27(32(4,5)6)29(23-28(26)34-19-13-20-36)35-30(33)18-21-37(24-14-9-7-10-15-24)25-16-11-8-12-17-25/h7-12,14-17,22-23H,13,18-21,36H2,1-6H3. The van der Waals surface area contributed by atoms with Crippen molar-refractivity contribution in [2.24, 2.45) is 0 Å². The van der Waals surface area contributed by atoms with Gasteiger partial charge in [0.15, 0.2) is 0 Å². The van der Waals surface area contributed by atoms with Crippen LogP contribution in [0.25, 0.3) is 0 Å². The largest absolute Gasteiger partial charge is 0.493 e. The molecule has 198 valence electrons. The Bertz CT molecular complexity index is 1110. The van der Waals surface area contributed by atoms with E-state index in [9.17, 15) is 4.79 Å². The molecule has 0 aromatic heterocycles. The van der Waals surface area contributed by atoms with Gasteiger partial charge in [-0.05, 0) is 54.2 Å². The predicted octanol–water partition coefficient (Wildman–Crippen LogP) is 7.35. The van der Waals surface area contributed by atoms with E-state index in [1.807, 2.05) is 18.2 Å². The monoisotopic (exact) mass is 536 g/mol. The van der Waals surface area contributed by atoms with E-state index in [2.05, 4.69) is 105 Å². The van der Waals surface area contributed by atoms with Crippen molar-refractivity contribution >= 4 is 33.7 Å². The minimum Gasteiger partial charge on any atom is -0.493 e. The van der Waals surface area contributed by atoms with E-state index in [4.69, 9.17) is 9.47 Å². The number of benzene rings is 3. The third kappa shape index (κ3) is 8.39. The minimum atomic E-state index is -0.653. The van der Waals surface area contributed by atoms with Gasteiger partial charge in [0.25, 0.3) is 0 Å². The molecular weight excluding hydrogens is 494 g/mol. The highest BCUT2D eigenvalue weighted by Crippen LogP contribution is 2.42. The zero-order valence-corrected chi connectivity index (χ0v) is 25.3. The molecule has 37 heavy (non-hydrogen) atoms. The molecule has 3 rings (SSSR count). The van der Waals surface area contributed by atoms with Crippen molar-refractivity contribution < 1.29 is 14.3 Å². The summed E-state index contributed by atoms with van der Waals surface area (Å²) in [5, 5.41) is 2.54. The number of carbonyl (C=O) groups is 1. The third-order valence-electron chi connectivity index (χ3n) is 6.20. The van der Waals surface area contributed by atoms with Crippen LogP contribution in [0, 0.1) is 0 Å². The van der Waals surface area contributed by atoms with Gasteiger partial charge in [0.1, 0.15) is 11.5 Å². The third-order valence-corrected chi connectivity index (χ3v) is 9.12. The van der Waals surface area contributed by atoms with E-state index in [1.165, 1.54) is 10.6 Å². The number of hydrogen-bond acceptors (Lipinski definition) is 3. The lowest BCUT2D eigenvalue weighted by molar-refractivity contribution is -0.134. The van der Waals surface area contributed by atoms with Crippen molar-refractivity contribution in [1.29, 1.82) is 0 Å². The average Bonchev–Trinajstić information content (AvgIpc) is 2.84. The van der Waals surface area contributed by atoms with Gasteiger partial charge in [-0.2, -0.15) is 0 Å². The number of esters is 1. The zero-order valence-electron chi connectivity index (χ0n) is 23.2. The molecule has 0 aliphatic rings. The second-order valence-electron chi connectivity index (χ2n) is 11.4. The van der Waals surface area contributed by atoms with Gasteiger partial charge in [0.05, 0.1) is 13.0 Å². The van der Waals surface area contributed by atoms with E-state index in [0.29, 0.717) is 18.8 Å². The van der Waals surface area contributed by atoms with Crippen LogP contribution in [-0.4, -0.2) is 24.9 Å². The van der Waals surface area contributed by atoms with E-state index >= 15 is 0 Å². The van der Waals surface area contributed by atoms with Gasteiger partial charge < -0.3 is 9.47 Å². The maximum atomic E-state index is 13.3. The fourth-order valence-corrected chi connectivity index (χ4v) is 6.65. The van der Waals surface area contributed by atoms with Crippen LogP contribution < -0.4 is 20.1 Å². The van der Waals surface area contributed by atoms with Crippen LogP contribution in [-0.2, 0) is 15.6 Å². The molecule has 0 aliphatic carbocycles. The molecule has 0 saturated heterocycles. The highest BCUT2D eigenvalue weighted by molar-refractivity contribution is 7.73. The summed E-state index contributed by atoms with van der Waals surface area (Å²) in [6.45, 7) is 13.7. The van der Waals surface area contributed by atoms with Gasteiger partial charge >= 0.3 is 5.97 Å². The summed E-state index contributed by atoms with van der Waals surface area (Å²) < 4.78 is 12.3. The van der Waals surface area contributed by atoms with Gasteiger partial charge in [0.2, 0.25) is 0 Å². The molecule has 0 aliphatic heterocycles. The van der Waals surface area contributed by atoms with E-state index < -0.39 is 7.92 Å². The van der Waals surface area contributed by atoms with Crippen molar-refractivity contribution in [3.8, 4) is 11.5 Å². The molecule has 0 saturated carbocycles. The Balaban J connectivity index is 1.87. The fourth-order valence-electron chi connectivity index (χ4n) is 4.20. The van der Waals surface area contributed by atoms with Crippen molar-refractivity contribution in [2.75, 3.05) is 18.9 Å². The van der Waals surface area contributed by atoms with Gasteiger partial charge in [-0.1, -0.05) is 102 Å². The van der Waals surface area contributed by atoms with Crippen LogP contribution >= 0.6 is 17.2 Å². The van der Waals surface area contributed by atoms with Crippen LogP contribution in [0.4, 0.5) is 0 Å². The first-order chi connectivity index (χ1) is 17.5. The molecule has 3 nitrogen and oxygen atoms in total. The number of rotatable bonds is 10. The van der Waals surface area contributed by atoms with Gasteiger partial charge in [-0.25, -0.2) is 0 Å². The second-order valence-corrected chi connectivity index (χ2v) is 14.3. The molecule has 1 unspecified atom stereocenters. The summed E-state index contributed by atoms with van der Waals surface area (Å²) in [7, 11) is 2.09. The van der Waals surface area contributed by atoms with Gasteiger partial charge in [-0.15, -0.1) is 9.24 Å². The summed E-state index contributed by atoms with van der Waals surface area (Å²) in [5.41, 5.74) is 1.88.